The first-order valence-electron chi connectivity index (χ1n) is 9.19. The number of aromatic nitrogens is 2. The summed E-state index contributed by atoms with van der Waals surface area (Å²) in [7, 11) is 1.50. The second-order valence-electron chi connectivity index (χ2n) is 6.81. The Hall–Kier alpha value is -3.80. The highest BCUT2D eigenvalue weighted by molar-refractivity contribution is 5.86. The van der Waals surface area contributed by atoms with Gasteiger partial charge in [-0.05, 0) is 48.4 Å². The van der Waals surface area contributed by atoms with Crippen LogP contribution in [0.5, 0.6) is 17.2 Å². The molecule has 6 heteroatoms. The van der Waals surface area contributed by atoms with E-state index in [1.165, 1.54) is 7.11 Å². The summed E-state index contributed by atoms with van der Waals surface area (Å²) in [5, 5.41) is 25.2. The number of phenolic OH excluding ortho intramolecular Hbond substituents is 2. The van der Waals surface area contributed by atoms with Crippen molar-refractivity contribution in [2.24, 2.45) is 0 Å². The van der Waals surface area contributed by atoms with E-state index in [9.17, 15) is 10.2 Å². The van der Waals surface area contributed by atoms with Crippen molar-refractivity contribution in [3.63, 3.8) is 0 Å². The first-order valence-corrected chi connectivity index (χ1v) is 9.19. The first kappa shape index (κ1) is 18.6. The van der Waals surface area contributed by atoms with Gasteiger partial charge in [-0.15, -0.1) is 0 Å². The fraction of sp³-hybridized carbons (Fsp3) is 0.130. The van der Waals surface area contributed by atoms with E-state index in [1.54, 1.807) is 30.6 Å². The minimum absolute atomic E-state index is 0.0491. The fourth-order valence-corrected chi connectivity index (χ4v) is 3.36. The van der Waals surface area contributed by atoms with Crippen LogP contribution in [0.1, 0.15) is 22.7 Å². The third kappa shape index (κ3) is 3.65. The monoisotopic (exact) mass is 387 g/mol. The number of nitrogens with zero attached hydrogens (tertiary/aromatic N) is 2. The highest BCUT2D eigenvalue weighted by Crippen LogP contribution is 2.38. The van der Waals surface area contributed by atoms with Crippen LogP contribution in [-0.2, 0) is 0 Å². The van der Waals surface area contributed by atoms with Gasteiger partial charge in [0.15, 0.2) is 11.5 Å². The molecule has 6 nitrogen and oxygen atoms in total. The van der Waals surface area contributed by atoms with E-state index in [0.29, 0.717) is 22.6 Å². The molecule has 4 aromatic rings. The van der Waals surface area contributed by atoms with Gasteiger partial charge in [-0.3, -0.25) is 4.98 Å². The lowest BCUT2D eigenvalue weighted by molar-refractivity contribution is 0.373. The molecule has 0 unspecified atom stereocenters. The fourth-order valence-electron chi connectivity index (χ4n) is 3.36. The number of anilines is 1. The predicted octanol–water partition coefficient (Wildman–Crippen LogP) is 4.56. The van der Waals surface area contributed by atoms with E-state index in [4.69, 9.17) is 4.74 Å². The maximum absolute atomic E-state index is 11.0. The zero-order valence-corrected chi connectivity index (χ0v) is 16.1. The van der Waals surface area contributed by atoms with Crippen LogP contribution < -0.4 is 10.1 Å². The number of fused-ring (bicyclic) bond motifs is 1. The number of aryl methyl sites for hydroxylation is 1. The lowest BCUT2D eigenvalue weighted by atomic mass is 9.95. The molecule has 2 aromatic heterocycles. The number of phenols is 2. The van der Waals surface area contributed by atoms with Crippen molar-refractivity contribution in [1.29, 1.82) is 0 Å². The Morgan fingerprint density at radius 1 is 0.966 bits per heavy atom. The Bertz CT molecular complexity index is 1180. The summed E-state index contributed by atoms with van der Waals surface area (Å²) in [4.78, 5) is 8.72. The molecule has 0 saturated carbocycles. The molecule has 2 aromatic carbocycles. The molecule has 0 aliphatic rings. The highest BCUT2D eigenvalue weighted by Gasteiger charge is 2.21. The molecule has 1 atom stereocenters. The Kier molecular flexibility index (Phi) is 4.91. The number of ether oxygens (including phenoxy) is 1. The van der Waals surface area contributed by atoms with E-state index in [0.717, 1.165) is 16.5 Å². The van der Waals surface area contributed by atoms with Crippen molar-refractivity contribution in [2.45, 2.75) is 13.0 Å². The molecule has 0 amide bonds. The number of pyridine rings is 2. The van der Waals surface area contributed by atoms with Crippen LogP contribution in [-0.4, -0.2) is 27.3 Å². The molecule has 0 aliphatic heterocycles. The molecule has 0 aliphatic carbocycles. The van der Waals surface area contributed by atoms with Gasteiger partial charge in [0.1, 0.15) is 17.1 Å². The van der Waals surface area contributed by atoms with Crippen molar-refractivity contribution in [2.75, 3.05) is 12.4 Å². The molecular weight excluding hydrogens is 366 g/mol. The molecular formula is C23H21N3O3. The second kappa shape index (κ2) is 7.67. The molecule has 29 heavy (non-hydrogen) atoms. The molecule has 4 rings (SSSR count). The largest absolute Gasteiger partial charge is 0.505 e. The Morgan fingerprint density at radius 2 is 1.83 bits per heavy atom. The molecule has 0 radical (unpaired) electrons. The van der Waals surface area contributed by atoms with Crippen molar-refractivity contribution in [3.05, 3.63) is 83.7 Å². The van der Waals surface area contributed by atoms with Crippen LogP contribution in [0.4, 0.5) is 5.82 Å². The molecule has 0 bridgehead atoms. The zero-order chi connectivity index (χ0) is 20.4. The van der Waals surface area contributed by atoms with Crippen molar-refractivity contribution >= 4 is 16.7 Å². The van der Waals surface area contributed by atoms with Gasteiger partial charge in [0.25, 0.3) is 0 Å². The number of aromatic hydroxyl groups is 2. The predicted molar refractivity (Wildman–Crippen MR) is 113 cm³/mol. The molecule has 2 heterocycles. The van der Waals surface area contributed by atoms with Crippen LogP contribution in [0.15, 0.2) is 67.0 Å². The Labute approximate surface area is 168 Å². The summed E-state index contributed by atoms with van der Waals surface area (Å²) in [6.45, 7) is 1.99. The molecule has 146 valence electrons. The van der Waals surface area contributed by atoms with Gasteiger partial charge in [-0.25, -0.2) is 4.98 Å². The van der Waals surface area contributed by atoms with E-state index in [-0.39, 0.29) is 11.5 Å². The summed E-state index contributed by atoms with van der Waals surface area (Å²) >= 11 is 0. The van der Waals surface area contributed by atoms with Gasteiger partial charge in [-0.2, -0.15) is 0 Å². The Balaban J connectivity index is 1.87. The summed E-state index contributed by atoms with van der Waals surface area (Å²) < 4.78 is 5.27. The van der Waals surface area contributed by atoms with E-state index in [1.807, 2.05) is 43.3 Å². The quantitative estimate of drug-likeness (QED) is 0.465. The van der Waals surface area contributed by atoms with Crippen LogP contribution in [0.2, 0.25) is 0 Å². The minimum atomic E-state index is -0.440. The van der Waals surface area contributed by atoms with Gasteiger partial charge >= 0.3 is 0 Å². The summed E-state index contributed by atoms with van der Waals surface area (Å²) in [5.41, 5.74) is 3.04. The average molecular weight is 387 g/mol. The summed E-state index contributed by atoms with van der Waals surface area (Å²) in [6.07, 6.45) is 3.38. The standard InChI is InChI=1S/C23H21N3O3/c1-14-9-11-24-20(12-14)26-21(16-6-8-18(27)19(13-16)29-2)17-7-5-15-4-3-10-25-22(15)23(17)28/h3-13,21,27-28H,1-2H3,(H,24,26)/t21-/m0/s1. The summed E-state index contributed by atoms with van der Waals surface area (Å²) in [5.74, 6) is 1.17. The smallest absolute Gasteiger partial charge is 0.160 e. The van der Waals surface area contributed by atoms with Crippen LogP contribution in [0.25, 0.3) is 10.9 Å². The topological polar surface area (TPSA) is 87.5 Å². The number of methoxy groups -OCH3 is 1. The van der Waals surface area contributed by atoms with Gasteiger partial charge < -0.3 is 20.3 Å². The van der Waals surface area contributed by atoms with E-state index < -0.39 is 6.04 Å². The third-order valence-corrected chi connectivity index (χ3v) is 4.83. The third-order valence-electron chi connectivity index (χ3n) is 4.83. The summed E-state index contributed by atoms with van der Waals surface area (Å²) in [6, 6.07) is 16.0. The molecule has 0 fully saturated rings. The van der Waals surface area contributed by atoms with Crippen LogP contribution in [0, 0.1) is 6.92 Å². The maximum atomic E-state index is 11.0. The van der Waals surface area contributed by atoms with E-state index >= 15 is 0 Å². The SMILES string of the molecule is COc1cc([C@H](Nc2cc(C)ccn2)c2ccc3cccnc3c2O)ccc1O. The minimum Gasteiger partial charge on any atom is -0.505 e. The van der Waals surface area contributed by atoms with Crippen molar-refractivity contribution in [3.8, 4) is 17.2 Å². The molecule has 0 spiro atoms. The zero-order valence-electron chi connectivity index (χ0n) is 16.1. The Morgan fingerprint density at radius 3 is 2.62 bits per heavy atom. The van der Waals surface area contributed by atoms with Crippen LogP contribution in [0.3, 0.4) is 0 Å². The lowest BCUT2D eigenvalue weighted by Crippen LogP contribution is -2.14. The average Bonchev–Trinajstić information content (AvgIpc) is 2.73. The second-order valence-corrected chi connectivity index (χ2v) is 6.81. The lowest BCUT2D eigenvalue weighted by Gasteiger charge is -2.23. The van der Waals surface area contributed by atoms with Crippen LogP contribution >= 0.6 is 0 Å². The first-order chi connectivity index (χ1) is 14.1. The number of hydrogen-bond acceptors (Lipinski definition) is 6. The maximum Gasteiger partial charge on any atom is 0.160 e. The van der Waals surface area contributed by atoms with Gasteiger partial charge in [0, 0.05) is 23.3 Å². The van der Waals surface area contributed by atoms with Gasteiger partial charge in [-0.1, -0.05) is 24.3 Å². The normalized spacial score (nSPS) is 11.9. The molecule has 3 N–H and O–H groups in total. The van der Waals surface area contributed by atoms with Gasteiger partial charge in [0.2, 0.25) is 0 Å². The number of rotatable bonds is 5. The number of benzene rings is 2. The van der Waals surface area contributed by atoms with Crippen molar-refractivity contribution < 1.29 is 14.9 Å². The number of hydrogen-bond donors (Lipinski definition) is 3. The van der Waals surface area contributed by atoms with E-state index in [2.05, 4.69) is 15.3 Å². The highest BCUT2D eigenvalue weighted by atomic mass is 16.5. The van der Waals surface area contributed by atoms with Gasteiger partial charge in [0.05, 0.1) is 13.2 Å². The molecule has 0 saturated heterocycles. The van der Waals surface area contributed by atoms with Crippen molar-refractivity contribution in [1.82, 2.24) is 9.97 Å². The number of nitrogens with one attached hydrogen (secondary N) is 1.